The summed E-state index contributed by atoms with van der Waals surface area (Å²) < 4.78 is 28.2. The highest BCUT2D eigenvalue weighted by Gasteiger charge is 2.43. The van der Waals surface area contributed by atoms with Crippen molar-refractivity contribution in [2.24, 2.45) is 5.11 Å². The van der Waals surface area contributed by atoms with Crippen molar-refractivity contribution in [3.8, 4) is 0 Å². The summed E-state index contributed by atoms with van der Waals surface area (Å²) in [5, 5.41) is 3.88. The van der Waals surface area contributed by atoms with E-state index in [9.17, 15) is 8.42 Å². The van der Waals surface area contributed by atoms with Gasteiger partial charge in [-0.3, -0.25) is 9.08 Å². The van der Waals surface area contributed by atoms with Crippen LogP contribution in [0.3, 0.4) is 0 Å². The van der Waals surface area contributed by atoms with Gasteiger partial charge in [-0.05, 0) is 62.7 Å². The molecule has 8 heteroatoms. The van der Waals surface area contributed by atoms with E-state index in [0.29, 0.717) is 0 Å². The monoisotopic (exact) mass is 378 g/mol. The maximum atomic E-state index is 11.5. The standard InChI is InChI=1S/C18H26N4O3S/c1-26(23,24)25-17-7-11-18(12-8-17,15-5-3-2-4-6-15)22-13-9-16(10-14-22)20-21-19/h2-6,16-17H,7-14H2,1H3. The van der Waals surface area contributed by atoms with Crippen LogP contribution in [0.1, 0.15) is 44.1 Å². The van der Waals surface area contributed by atoms with Gasteiger partial charge < -0.3 is 0 Å². The van der Waals surface area contributed by atoms with Crippen molar-refractivity contribution in [3.05, 3.63) is 46.3 Å². The van der Waals surface area contributed by atoms with Gasteiger partial charge in [0.05, 0.1) is 12.4 Å². The Hall–Kier alpha value is -1.60. The van der Waals surface area contributed by atoms with E-state index in [0.717, 1.165) is 57.9 Å². The summed E-state index contributed by atoms with van der Waals surface area (Å²) in [7, 11) is -3.42. The first kappa shape index (κ1) is 19.2. The number of benzene rings is 1. The molecule has 0 radical (unpaired) electrons. The van der Waals surface area contributed by atoms with Crippen LogP contribution < -0.4 is 0 Å². The molecule has 1 aliphatic heterocycles. The summed E-state index contributed by atoms with van der Waals surface area (Å²) in [6, 6.07) is 10.5. The maximum absolute atomic E-state index is 11.5. The SMILES string of the molecule is CS(=O)(=O)OC1CCC(c2ccccc2)(N2CCC(N=[N+]=[N-])CC2)CC1. The molecule has 2 aliphatic rings. The lowest BCUT2D eigenvalue weighted by molar-refractivity contribution is -0.00210. The van der Waals surface area contributed by atoms with Gasteiger partial charge in [0.2, 0.25) is 0 Å². The average Bonchev–Trinajstić information content (AvgIpc) is 2.63. The number of azide groups is 1. The molecule has 1 saturated heterocycles. The number of rotatable bonds is 5. The summed E-state index contributed by atoms with van der Waals surface area (Å²) in [5.74, 6) is 0. The highest BCUT2D eigenvalue weighted by molar-refractivity contribution is 7.86. The molecule has 0 unspecified atom stereocenters. The number of hydrogen-bond donors (Lipinski definition) is 0. The fourth-order valence-corrected chi connectivity index (χ4v) is 5.12. The Kier molecular flexibility index (Phi) is 5.87. The zero-order chi connectivity index (χ0) is 18.6. The molecule has 1 saturated carbocycles. The minimum atomic E-state index is -3.42. The van der Waals surface area contributed by atoms with Crippen molar-refractivity contribution in [2.45, 2.75) is 56.2 Å². The average molecular weight is 378 g/mol. The topological polar surface area (TPSA) is 95.4 Å². The van der Waals surface area contributed by atoms with E-state index in [-0.39, 0.29) is 17.7 Å². The second-order valence-corrected chi connectivity index (χ2v) is 8.92. The molecule has 0 aromatic heterocycles. The van der Waals surface area contributed by atoms with Crippen LogP contribution in [0.2, 0.25) is 0 Å². The summed E-state index contributed by atoms with van der Waals surface area (Å²) >= 11 is 0. The van der Waals surface area contributed by atoms with Gasteiger partial charge in [0.25, 0.3) is 10.1 Å². The third kappa shape index (κ3) is 4.38. The molecular formula is C18H26N4O3S. The molecule has 1 heterocycles. The molecule has 7 nitrogen and oxygen atoms in total. The van der Waals surface area contributed by atoms with Gasteiger partial charge >= 0.3 is 0 Å². The molecule has 1 aromatic carbocycles. The maximum Gasteiger partial charge on any atom is 0.264 e. The van der Waals surface area contributed by atoms with E-state index in [1.165, 1.54) is 5.56 Å². The molecule has 1 aliphatic carbocycles. The minimum Gasteiger partial charge on any atom is -0.294 e. The first-order valence-corrected chi connectivity index (χ1v) is 11.0. The van der Waals surface area contributed by atoms with Crippen LogP contribution in [-0.4, -0.2) is 44.8 Å². The molecular weight excluding hydrogens is 352 g/mol. The third-order valence-corrected chi connectivity index (χ3v) is 6.29. The molecule has 3 rings (SSSR count). The fraction of sp³-hybridized carbons (Fsp3) is 0.667. The van der Waals surface area contributed by atoms with E-state index in [2.05, 4.69) is 39.2 Å². The van der Waals surface area contributed by atoms with Crippen molar-refractivity contribution in [1.82, 2.24) is 4.90 Å². The number of piperidine rings is 1. The second kappa shape index (κ2) is 7.96. The van der Waals surface area contributed by atoms with E-state index >= 15 is 0 Å². The lowest BCUT2D eigenvalue weighted by Crippen LogP contribution is -2.52. The first-order chi connectivity index (χ1) is 12.4. The predicted molar refractivity (Wildman–Crippen MR) is 100 cm³/mol. The second-order valence-electron chi connectivity index (χ2n) is 7.32. The van der Waals surface area contributed by atoms with Crippen LogP contribution in [0.5, 0.6) is 0 Å². The Bertz CT molecular complexity index is 746. The van der Waals surface area contributed by atoms with Crippen LogP contribution in [-0.2, 0) is 19.8 Å². The van der Waals surface area contributed by atoms with E-state index in [1.54, 1.807) is 0 Å². The van der Waals surface area contributed by atoms with E-state index < -0.39 is 10.1 Å². The van der Waals surface area contributed by atoms with Crippen LogP contribution in [0.15, 0.2) is 35.4 Å². The van der Waals surface area contributed by atoms with Crippen LogP contribution >= 0.6 is 0 Å². The fourth-order valence-electron chi connectivity index (χ4n) is 4.43. The summed E-state index contributed by atoms with van der Waals surface area (Å²) in [4.78, 5) is 5.45. The number of nitrogens with zero attached hydrogens (tertiary/aromatic N) is 4. The minimum absolute atomic E-state index is 0.0778. The summed E-state index contributed by atoms with van der Waals surface area (Å²) in [6.45, 7) is 1.77. The molecule has 0 N–H and O–H groups in total. The molecule has 26 heavy (non-hydrogen) atoms. The summed E-state index contributed by atoms with van der Waals surface area (Å²) in [6.07, 6.45) is 5.78. The predicted octanol–water partition coefficient (Wildman–Crippen LogP) is 3.58. The summed E-state index contributed by atoms with van der Waals surface area (Å²) in [5.41, 5.74) is 9.85. The molecule has 142 valence electrons. The molecule has 0 amide bonds. The van der Waals surface area contributed by atoms with Gasteiger partial charge in [0.15, 0.2) is 0 Å². The van der Waals surface area contributed by atoms with Gasteiger partial charge in [0, 0.05) is 16.5 Å². The third-order valence-electron chi connectivity index (χ3n) is 5.67. The van der Waals surface area contributed by atoms with Crippen molar-refractivity contribution in [2.75, 3.05) is 19.3 Å². The van der Waals surface area contributed by atoms with Gasteiger partial charge in [0.1, 0.15) is 0 Å². The highest BCUT2D eigenvalue weighted by Crippen LogP contribution is 2.44. The van der Waals surface area contributed by atoms with Crippen molar-refractivity contribution in [3.63, 3.8) is 0 Å². The Morgan fingerprint density at radius 2 is 1.77 bits per heavy atom. The molecule has 0 bridgehead atoms. The molecule has 2 fully saturated rings. The van der Waals surface area contributed by atoms with Crippen LogP contribution in [0.25, 0.3) is 10.4 Å². The lowest BCUT2D eigenvalue weighted by Gasteiger charge is -2.50. The van der Waals surface area contributed by atoms with E-state index in [1.807, 2.05) is 6.07 Å². The Morgan fingerprint density at radius 1 is 1.15 bits per heavy atom. The van der Waals surface area contributed by atoms with Gasteiger partial charge in [-0.15, -0.1) is 0 Å². The van der Waals surface area contributed by atoms with Gasteiger partial charge in [-0.25, -0.2) is 0 Å². The number of likely N-dealkylation sites (tertiary alicyclic amines) is 1. The zero-order valence-electron chi connectivity index (χ0n) is 15.1. The van der Waals surface area contributed by atoms with Crippen LogP contribution in [0.4, 0.5) is 0 Å². The zero-order valence-corrected chi connectivity index (χ0v) is 15.9. The molecule has 1 aromatic rings. The quantitative estimate of drug-likeness (QED) is 0.339. The Morgan fingerprint density at radius 3 is 2.31 bits per heavy atom. The van der Waals surface area contributed by atoms with Crippen molar-refractivity contribution < 1.29 is 12.6 Å². The van der Waals surface area contributed by atoms with Gasteiger partial charge in [-0.1, -0.05) is 35.4 Å². The first-order valence-electron chi connectivity index (χ1n) is 9.16. The number of hydrogen-bond acceptors (Lipinski definition) is 5. The Balaban J connectivity index is 1.79. The smallest absolute Gasteiger partial charge is 0.264 e. The molecule has 0 atom stereocenters. The van der Waals surface area contributed by atoms with Crippen molar-refractivity contribution >= 4 is 10.1 Å². The van der Waals surface area contributed by atoms with Crippen LogP contribution in [0, 0.1) is 0 Å². The lowest BCUT2D eigenvalue weighted by atomic mass is 9.73. The van der Waals surface area contributed by atoms with Crippen molar-refractivity contribution in [1.29, 1.82) is 0 Å². The van der Waals surface area contributed by atoms with Gasteiger partial charge in [-0.2, -0.15) is 8.42 Å². The highest BCUT2D eigenvalue weighted by atomic mass is 32.2. The van der Waals surface area contributed by atoms with E-state index in [4.69, 9.17) is 9.71 Å². The Labute approximate surface area is 155 Å². The largest absolute Gasteiger partial charge is 0.294 e. The normalized spacial score (nSPS) is 28.4. The molecule has 0 spiro atoms.